The van der Waals surface area contributed by atoms with E-state index < -0.39 is 6.03 Å². The standard InChI is InChI=1S/C31H28FN3O3/c1-20-7-6-8-23(15-20)18-34-30(36)29(33-31(34)37)17-25-16-21(2)35(22(25)3)26-11-13-27(14-12-26)38-19-24-9-4-5-10-28(24)32/h4-17H,18-19H2,1-3H3,(H,33,37)/b29-17+. The highest BCUT2D eigenvalue weighted by Gasteiger charge is 2.33. The van der Waals surface area contributed by atoms with Crippen LogP contribution in [-0.2, 0) is 17.9 Å². The van der Waals surface area contributed by atoms with Crippen LogP contribution in [-0.4, -0.2) is 21.4 Å². The van der Waals surface area contributed by atoms with Crippen molar-refractivity contribution in [1.82, 2.24) is 14.8 Å². The van der Waals surface area contributed by atoms with Gasteiger partial charge in [-0.05, 0) is 74.4 Å². The van der Waals surface area contributed by atoms with Crippen LogP contribution >= 0.6 is 0 Å². The number of benzene rings is 3. The first kappa shape index (κ1) is 25.0. The SMILES string of the molecule is Cc1cccc(CN2C(=O)N/C(=C/c3cc(C)n(-c4ccc(OCc5ccccc5F)cc4)c3C)C2=O)c1. The van der Waals surface area contributed by atoms with E-state index in [0.29, 0.717) is 11.3 Å². The Hall–Kier alpha value is -4.65. The molecule has 1 fully saturated rings. The summed E-state index contributed by atoms with van der Waals surface area (Å²) < 4.78 is 21.7. The molecule has 0 atom stereocenters. The average molecular weight is 510 g/mol. The Bertz CT molecular complexity index is 1550. The first-order valence-corrected chi connectivity index (χ1v) is 12.4. The Labute approximate surface area is 221 Å². The van der Waals surface area contributed by atoms with Gasteiger partial charge in [0.25, 0.3) is 5.91 Å². The molecule has 2 heterocycles. The highest BCUT2D eigenvalue weighted by molar-refractivity contribution is 6.14. The number of urea groups is 1. The van der Waals surface area contributed by atoms with Crippen molar-refractivity contribution in [2.45, 2.75) is 33.9 Å². The Kier molecular flexibility index (Phi) is 6.83. The number of ether oxygens (including phenoxy) is 1. The molecular weight excluding hydrogens is 481 g/mol. The van der Waals surface area contributed by atoms with Crippen molar-refractivity contribution in [3.63, 3.8) is 0 Å². The molecular formula is C31H28FN3O3. The molecule has 38 heavy (non-hydrogen) atoms. The van der Waals surface area contributed by atoms with Crippen LogP contribution in [0.25, 0.3) is 11.8 Å². The predicted molar refractivity (Wildman–Crippen MR) is 144 cm³/mol. The molecule has 1 aliphatic heterocycles. The Morgan fingerprint density at radius 2 is 1.68 bits per heavy atom. The van der Waals surface area contributed by atoms with Gasteiger partial charge in [0.1, 0.15) is 23.9 Å². The summed E-state index contributed by atoms with van der Waals surface area (Å²) in [6, 6.07) is 23.4. The van der Waals surface area contributed by atoms with Crippen molar-refractivity contribution < 1.29 is 18.7 Å². The summed E-state index contributed by atoms with van der Waals surface area (Å²) in [5.41, 5.74) is 6.38. The van der Waals surface area contributed by atoms with Crippen LogP contribution in [0.3, 0.4) is 0 Å². The lowest BCUT2D eigenvalue weighted by Crippen LogP contribution is -2.30. The number of hydrogen-bond acceptors (Lipinski definition) is 3. The quantitative estimate of drug-likeness (QED) is 0.238. The van der Waals surface area contributed by atoms with Crippen LogP contribution in [0.15, 0.2) is 84.6 Å². The summed E-state index contributed by atoms with van der Waals surface area (Å²) in [6.07, 6.45) is 1.72. The lowest BCUT2D eigenvalue weighted by atomic mass is 10.1. The normalized spacial score (nSPS) is 14.3. The number of imide groups is 1. The van der Waals surface area contributed by atoms with Gasteiger partial charge in [0.15, 0.2) is 0 Å². The van der Waals surface area contributed by atoms with Crippen molar-refractivity contribution in [3.05, 3.63) is 124 Å². The molecule has 1 aliphatic rings. The molecule has 7 heteroatoms. The fraction of sp³-hybridized carbons (Fsp3) is 0.161. The third-order valence-electron chi connectivity index (χ3n) is 6.60. The summed E-state index contributed by atoms with van der Waals surface area (Å²) in [7, 11) is 0. The third kappa shape index (κ3) is 5.09. The molecule has 3 aromatic carbocycles. The van der Waals surface area contributed by atoms with E-state index in [4.69, 9.17) is 4.74 Å². The number of hydrogen-bond donors (Lipinski definition) is 1. The van der Waals surface area contributed by atoms with E-state index in [2.05, 4.69) is 9.88 Å². The number of nitrogens with one attached hydrogen (secondary N) is 1. The van der Waals surface area contributed by atoms with Crippen LogP contribution < -0.4 is 10.1 Å². The van der Waals surface area contributed by atoms with Gasteiger partial charge in [-0.15, -0.1) is 0 Å². The molecule has 1 aromatic heterocycles. The van der Waals surface area contributed by atoms with Crippen LogP contribution in [0, 0.1) is 26.6 Å². The molecule has 0 aliphatic carbocycles. The topological polar surface area (TPSA) is 63.6 Å². The molecule has 6 nitrogen and oxygen atoms in total. The van der Waals surface area contributed by atoms with Gasteiger partial charge in [-0.1, -0.05) is 48.0 Å². The van der Waals surface area contributed by atoms with Crippen molar-refractivity contribution in [2.75, 3.05) is 0 Å². The molecule has 0 spiro atoms. The molecule has 3 amide bonds. The fourth-order valence-electron chi connectivity index (χ4n) is 4.66. The zero-order chi connectivity index (χ0) is 26.8. The van der Waals surface area contributed by atoms with Gasteiger partial charge in [-0.25, -0.2) is 9.18 Å². The molecule has 1 saturated heterocycles. The number of rotatable bonds is 7. The van der Waals surface area contributed by atoms with E-state index in [1.807, 2.05) is 75.4 Å². The predicted octanol–water partition coefficient (Wildman–Crippen LogP) is 6.21. The number of carbonyl (C=O) groups is 2. The molecule has 0 bridgehead atoms. The smallest absolute Gasteiger partial charge is 0.329 e. The van der Waals surface area contributed by atoms with Crippen molar-refractivity contribution in [1.29, 1.82) is 0 Å². The van der Waals surface area contributed by atoms with Gasteiger partial charge in [-0.2, -0.15) is 0 Å². The first-order valence-electron chi connectivity index (χ1n) is 12.4. The van der Waals surface area contributed by atoms with Crippen LogP contribution in [0.4, 0.5) is 9.18 Å². The van der Waals surface area contributed by atoms with E-state index in [-0.39, 0.29) is 30.6 Å². The molecule has 4 aromatic rings. The second-order valence-corrected chi connectivity index (χ2v) is 9.40. The second-order valence-electron chi connectivity index (χ2n) is 9.40. The summed E-state index contributed by atoms with van der Waals surface area (Å²) >= 11 is 0. The molecule has 0 saturated carbocycles. The number of aromatic nitrogens is 1. The highest BCUT2D eigenvalue weighted by atomic mass is 19.1. The Morgan fingerprint density at radius 1 is 0.921 bits per heavy atom. The van der Waals surface area contributed by atoms with Crippen LogP contribution in [0.2, 0.25) is 0 Å². The molecule has 0 radical (unpaired) electrons. The maximum Gasteiger partial charge on any atom is 0.329 e. The van der Waals surface area contributed by atoms with Crippen molar-refractivity contribution in [3.8, 4) is 11.4 Å². The fourth-order valence-corrected chi connectivity index (χ4v) is 4.66. The van der Waals surface area contributed by atoms with E-state index in [0.717, 1.165) is 33.8 Å². The van der Waals surface area contributed by atoms with E-state index in [1.54, 1.807) is 24.3 Å². The Morgan fingerprint density at radius 3 is 2.42 bits per heavy atom. The maximum atomic E-state index is 13.9. The molecule has 192 valence electrons. The zero-order valence-corrected chi connectivity index (χ0v) is 21.5. The van der Waals surface area contributed by atoms with Crippen LogP contribution in [0.1, 0.15) is 33.6 Å². The summed E-state index contributed by atoms with van der Waals surface area (Å²) in [4.78, 5) is 26.8. The van der Waals surface area contributed by atoms with Crippen LogP contribution in [0.5, 0.6) is 5.75 Å². The van der Waals surface area contributed by atoms with E-state index >= 15 is 0 Å². The van der Waals surface area contributed by atoms with Gasteiger partial charge < -0.3 is 14.6 Å². The minimum atomic E-state index is -0.428. The van der Waals surface area contributed by atoms with Gasteiger partial charge in [0.2, 0.25) is 0 Å². The van der Waals surface area contributed by atoms with E-state index in [1.165, 1.54) is 11.0 Å². The van der Waals surface area contributed by atoms with Gasteiger partial charge >= 0.3 is 6.03 Å². The van der Waals surface area contributed by atoms with Gasteiger partial charge in [0, 0.05) is 22.6 Å². The van der Waals surface area contributed by atoms with Crippen molar-refractivity contribution >= 4 is 18.0 Å². The van der Waals surface area contributed by atoms with Gasteiger partial charge in [-0.3, -0.25) is 9.69 Å². The number of carbonyl (C=O) groups excluding carboxylic acids is 2. The number of nitrogens with zero attached hydrogens (tertiary/aromatic N) is 2. The molecule has 5 rings (SSSR count). The number of aryl methyl sites for hydroxylation is 2. The largest absolute Gasteiger partial charge is 0.489 e. The first-order chi connectivity index (χ1) is 18.3. The highest BCUT2D eigenvalue weighted by Crippen LogP contribution is 2.26. The lowest BCUT2D eigenvalue weighted by molar-refractivity contribution is -0.123. The van der Waals surface area contributed by atoms with Crippen molar-refractivity contribution in [2.24, 2.45) is 0 Å². The third-order valence-corrected chi connectivity index (χ3v) is 6.60. The molecule has 1 N–H and O–H groups in total. The Balaban J connectivity index is 1.32. The van der Waals surface area contributed by atoms with Gasteiger partial charge in [0.05, 0.1) is 6.54 Å². The monoisotopic (exact) mass is 509 g/mol. The zero-order valence-electron chi connectivity index (χ0n) is 21.5. The average Bonchev–Trinajstić information content (AvgIpc) is 3.32. The number of halogens is 1. The second kappa shape index (κ2) is 10.4. The number of amides is 3. The molecule has 0 unspecified atom stereocenters. The maximum absolute atomic E-state index is 13.9. The van der Waals surface area contributed by atoms with E-state index in [9.17, 15) is 14.0 Å². The summed E-state index contributed by atoms with van der Waals surface area (Å²) in [6.45, 7) is 6.29. The minimum absolute atomic E-state index is 0.145. The minimum Gasteiger partial charge on any atom is -0.489 e. The summed E-state index contributed by atoms with van der Waals surface area (Å²) in [5, 5.41) is 2.72. The lowest BCUT2D eigenvalue weighted by Gasteiger charge is -2.12. The summed E-state index contributed by atoms with van der Waals surface area (Å²) in [5.74, 6) is -0.00739.